The topological polar surface area (TPSA) is 78.3 Å². The number of nitrogens with one attached hydrogen (secondary N) is 1. The van der Waals surface area contributed by atoms with Gasteiger partial charge in [0, 0.05) is 42.6 Å². The van der Waals surface area contributed by atoms with Crippen LogP contribution in [0.4, 0.5) is 8.78 Å². The van der Waals surface area contributed by atoms with E-state index < -0.39 is 11.9 Å². The van der Waals surface area contributed by atoms with Crippen molar-refractivity contribution in [3.05, 3.63) is 83.7 Å². The molecule has 31 heavy (non-hydrogen) atoms. The van der Waals surface area contributed by atoms with E-state index in [2.05, 4.69) is 15.3 Å². The second-order valence-electron chi connectivity index (χ2n) is 7.95. The highest BCUT2D eigenvalue weighted by atomic mass is 19.1. The predicted molar refractivity (Wildman–Crippen MR) is 113 cm³/mol. The van der Waals surface area contributed by atoms with Crippen molar-refractivity contribution in [2.75, 3.05) is 6.61 Å². The molecule has 0 bridgehead atoms. The maximum Gasteiger partial charge on any atom is 0.162 e. The fourth-order valence-corrected chi connectivity index (χ4v) is 4.39. The fraction of sp³-hybridized carbons (Fsp3) is 0.333. The molecule has 4 atom stereocenters. The second kappa shape index (κ2) is 9.60. The average molecular weight is 425 g/mol. The fourth-order valence-electron chi connectivity index (χ4n) is 4.39. The first-order chi connectivity index (χ1) is 15.1. The van der Waals surface area contributed by atoms with Crippen LogP contribution in [0.15, 0.2) is 60.8 Å². The molecule has 5 nitrogen and oxygen atoms in total. The lowest BCUT2D eigenvalue weighted by molar-refractivity contribution is 0.0716. The predicted octanol–water partition coefficient (Wildman–Crippen LogP) is 3.11. The summed E-state index contributed by atoms with van der Waals surface area (Å²) >= 11 is 0. The molecule has 3 N–H and O–H groups in total. The lowest BCUT2D eigenvalue weighted by Crippen LogP contribution is -2.36. The normalized spacial score (nSPS) is 23.2. The van der Waals surface area contributed by atoms with Crippen molar-refractivity contribution in [1.82, 2.24) is 15.3 Å². The highest BCUT2D eigenvalue weighted by molar-refractivity contribution is 5.55. The number of halogens is 2. The Morgan fingerprint density at radius 2 is 1.71 bits per heavy atom. The number of aliphatic hydroxyl groups excluding tert-OH is 2. The SMILES string of the molecule is OCC1C(O)CC(NCc2ccccc2F)C1Cc1ccnc(-c2ccccc2F)n1. The van der Waals surface area contributed by atoms with Crippen LogP contribution in [0, 0.1) is 23.5 Å². The van der Waals surface area contributed by atoms with E-state index in [4.69, 9.17) is 0 Å². The molecule has 1 aliphatic carbocycles. The van der Waals surface area contributed by atoms with Crippen molar-refractivity contribution in [2.45, 2.75) is 31.5 Å². The van der Waals surface area contributed by atoms with E-state index in [1.807, 2.05) is 0 Å². The molecule has 0 saturated heterocycles. The van der Waals surface area contributed by atoms with Gasteiger partial charge in [0.1, 0.15) is 11.6 Å². The third-order valence-corrected chi connectivity index (χ3v) is 6.05. The van der Waals surface area contributed by atoms with E-state index in [0.717, 1.165) is 0 Å². The van der Waals surface area contributed by atoms with Crippen LogP contribution in [0.3, 0.4) is 0 Å². The highest BCUT2D eigenvalue weighted by Crippen LogP contribution is 2.35. The van der Waals surface area contributed by atoms with Gasteiger partial charge in [-0.05, 0) is 43.0 Å². The van der Waals surface area contributed by atoms with Gasteiger partial charge in [-0.25, -0.2) is 18.7 Å². The van der Waals surface area contributed by atoms with Gasteiger partial charge in [0.25, 0.3) is 0 Å². The molecule has 4 unspecified atom stereocenters. The molecule has 0 amide bonds. The van der Waals surface area contributed by atoms with Crippen LogP contribution in [0.1, 0.15) is 17.7 Å². The van der Waals surface area contributed by atoms with Gasteiger partial charge in [-0.2, -0.15) is 0 Å². The summed E-state index contributed by atoms with van der Waals surface area (Å²) in [5, 5.41) is 23.7. The molecule has 1 fully saturated rings. The summed E-state index contributed by atoms with van der Waals surface area (Å²) in [4.78, 5) is 8.72. The maximum atomic E-state index is 14.1. The molecule has 1 aromatic heterocycles. The zero-order valence-corrected chi connectivity index (χ0v) is 17.0. The van der Waals surface area contributed by atoms with E-state index in [-0.39, 0.29) is 30.3 Å². The summed E-state index contributed by atoms with van der Waals surface area (Å²) in [6.45, 7) is 0.165. The number of hydrogen-bond donors (Lipinski definition) is 3. The van der Waals surface area contributed by atoms with Crippen molar-refractivity contribution >= 4 is 0 Å². The Hall–Kier alpha value is -2.74. The van der Waals surface area contributed by atoms with E-state index in [9.17, 15) is 19.0 Å². The Labute approximate surface area is 179 Å². The molecule has 2 aromatic carbocycles. The Morgan fingerprint density at radius 1 is 0.968 bits per heavy atom. The van der Waals surface area contributed by atoms with Gasteiger partial charge in [-0.1, -0.05) is 30.3 Å². The standard InChI is InChI=1S/C24H25F2N3O2/c25-20-7-3-1-5-15(20)13-28-22-12-23(31)19(14-30)18(22)11-16-9-10-27-24(29-16)17-6-2-4-8-21(17)26/h1-10,18-19,22-23,28,30-31H,11-14H2. The zero-order valence-electron chi connectivity index (χ0n) is 17.0. The molecule has 1 saturated carbocycles. The minimum Gasteiger partial charge on any atom is -0.396 e. The molecule has 4 rings (SSSR count). The molecule has 3 aromatic rings. The summed E-state index contributed by atoms with van der Waals surface area (Å²) in [7, 11) is 0. The van der Waals surface area contributed by atoms with Gasteiger partial charge < -0.3 is 15.5 Å². The van der Waals surface area contributed by atoms with Crippen LogP contribution in [0.25, 0.3) is 11.4 Å². The smallest absolute Gasteiger partial charge is 0.162 e. The first-order valence-electron chi connectivity index (χ1n) is 10.4. The van der Waals surface area contributed by atoms with Gasteiger partial charge in [-0.3, -0.25) is 0 Å². The summed E-state index contributed by atoms with van der Waals surface area (Å²) < 4.78 is 28.1. The summed E-state index contributed by atoms with van der Waals surface area (Å²) in [6, 6.07) is 14.5. The zero-order chi connectivity index (χ0) is 21.8. The number of aliphatic hydroxyl groups is 2. The molecule has 1 aliphatic rings. The Balaban J connectivity index is 1.53. The lowest BCUT2D eigenvalue weighted by Gasteiger charge is -2.25. The first-order valence-corrected chi connectivity index (χ1v) is 10.4. The van der Waals surface area contributed by atoms with Gasteiger partial charge in [0.2, 0.25) is 0 Å². The van der Waals surface area contributed by atoms with Gasteiger partial charge in [-0.15, -0.1) is 0 Å². The highest BCUT2D eigenvalue weighted by Gasteiger charge is 2.42. The Kier molecular flexibility index (Phi) is 6.65. The number of nitrogens with zero attached hydrogens (tertiary/aromatic N) is 2. The summed E-state index contributed by atoms with van der Waals surface area (Å²) in [5.74, 6) is -0.826. The van der Waals surface area contributed by atoms with E-state index >= 15 is 0 Å². The molecule has 0 aliphatic heterocycles. The molecule has 0 radical (unpaired) electrons. The summed E-state index contributed by atoms with van der Waals surface area (Å²) in [6.07, 6.45) is 1.85. The van der Waals surface area contributed by atoms with Crippen molar-refractivity contribution in [3.8, 4) is 11.4 Å². The van der Waals surface area contributed by atoms with Crippen molar-refractivity contribution in [2.24, 2.45) is 11.8 Å². The maximum absolute atomic E-state index is 14.1. The number of rotatable bonds is 7. The molecule has 162 valence electrons. The minimum atomic E-state index is -0.666. The van der Waals surface area contributed by atoms with E-state index in [0.29, 0.717) is 42.0 Å². The van der Waals surface area contributed by atoms with Crippen LogP contribution in [0.5, 0.6) is 0 Å². The molecular formula is C24H25F2N3O2. The van der Waals surface area contributed by atoms with E-state index in [1.165, 1.54) is 12.1 Å². The van der Waals surface area contributed by atoms with E-state index in [1.54, 1.807) is 48.7 Å². The lowest BCUT2D eigenvalue weighted by atomic mass is 9.88. The molecule has 0 spiro atoms. The van der Waals surface area contributed by atoms with Crippen molar-refractivity contribution in [3.63, 3.8) is 0 Å². The monoisotopic (exact) mass is 425 g/mol. The Bertz CT molecular complexity index is 1030. The van der Waals surface area contributed by atoms with Gasteiger partial charge in [0.15, 0.2) is 5.82 Å². The molecule has 1 heterocycles. The number of hydrogen-bond acceptors (Lipinski definition) is 5. The third kappa shape index (κ3) is 4.79. The molecule has 7 heteroatoms. The Morgan fingerprint density at radius 3 is 2.45 bits per heavy atom. The van der Waals surface area contributed by atoms with Gasteiger partial charge in [0.05, 0.1) is 11.7 Å². The largest absolute Gasteiger partial charge is 0.396 e. The third-order valence-electron chi connectivity index (χ3n) is 6.05. The average Bonchev–Trinajstić information content (AvgIpc) is 3.07. The van der Waals surface area contributed by atoms with Crippen LogP contribution >= 0.6 is 0 Å². The minimum absolute atomic E-state index is 0.116. The second-order valence-corrected chi connectivity index (χ2v) is 7.95. The van der Waals surface area contributed by atoms with Crippen LogP contribution in [-0.2, 0) is 13.0 Å². The first kappa shape index (κ1) is 21.5. The van der Waals surface area contributed by atoms with Crippen LogP contribution in [-0.4, -0.2) is 38.9 Å². The van der Waals surface area contributed by atoms with Gasteiger partial charge >= 0.3 is 0 Å². The number of benzene rings is 2. The summed E-state index contributed by atoms with van der Waals surface area (Å²) in [5.41, 5.74) is 1.57. The number of aromatic nitrogens is 2. The van der Waals surface area contributed by atoms with Crippen molar-refractivity contribution < 1.29 is 19.0 Å². The molecular weight excluding hydrogens is 400 g/mol. The van der Waals surface area contributed by atoms with Crippen molar-refractivity contribution in [1.29, 1.82) is 0 Å². The van der Waals surface area contributed by atoms with Crippen LogP contribution < -0.4 is 5.32 Å². The quantitative estimate of drug-likeness (QED) is 0.542. The van der Waals surface area contributed by atoms with Crippen LogP contribution in [0.2, 0.25) is 0 Å².